The van der Waals surface area contributed by atoms with E-state index in [1.165, 1.54) is 64.9 Å². The monoisotopic (exact) mass is 462 g/mol. The Bertz CT molecular complexity index is 707. The number of thioether (sulfide) groups is 1. The first kappa shape index (κ1) is 24.6. The number of methoxy groups -OCH3 is 1. The largest absolute Gasteiger partial charge is 0.469 e. The second kappa shape index (κ2) is 9.62. The molecule has 2 unspecified atom stereocenters. The summed E-state index contributed by atoms with van der Waals surface area (Å²) in [5.74, 6) is 6.70. The van der Waals surface area contributed by atoms with E-state index in [4.69, 9.17) is 4.74 Å². The summed E-state index contributed by atoms with van der Waals surface area (Å²) in [5, 5.41) is 0.283. The highest BCUT2D eigenvalue weighted by Crippen LogP contribution is 2.68. The van der Waals surface area contributed by atoms with Crippen LogP contribution in [0.5, 0.6) is 0 Å². The van der Waals surface area contributed by atoms with Crippen molar-refractivity contribution in [3.8, 4) is 0 Å². The summed E-state index contributed by atoms with van der Waals surface area (Å²) in [5.41, 5.74) is 0.992. The van der Waals surface area contributed by atoms with Gasteiger partial charge < -0.3 is 4.74 Å². The van der Waals surface area contributed by atoms with Crippen LogP contribution in [0.3, 0.4) is 0 Å². The molecule has 0 radical (unpaired) electrons. The average molecular weight is 463 g/mol. The zero-order chi connectivity index (χ0) is 23.1. The molecule has 0 spiro atoms. The minimum absolute atomic E-state index is 0.0520. The predicted octanol–water partition coefficient (Wildman–Crippen LogP) is 7.13. The van der Waals surface area contributed by atoms with Crippen molar-refractivity contribution in [3.05, 3.63) is 0 Å². The van der Waals surface area contributed by atoms with Gasteiger partial charge in [-0.05, 0) is 116 Å². The fourth-order valence-corrected chi connectivity index (χ4v) is 10.1. The van der Waals surface area contributed by atoms with Crippen LogP contribution in [-0.4, -0.2) is 23.9 Å². The Morgan fingerprint density at radius 1 is 1.00 bits per heavy atom. The fourth-order valence-electron chi connectivity index (χ4n) is 9.36. The number of rotatable bonds is 6. The van der Waals surface area contributed by atoms with Crippen molar-refractivity contribution in [1.29, 1.82) is 0 Å². The van der Waals surface area contributed by atoms with E-state index in [0.717, 1.165) is 47.7 Å². The SMILES string of the molecule is COC(=O)CC[C@@H](C)[C@H]1CC[C@H]2[C@@H]3CCC4CC(CSC(C)=O)CC[C@]4(C)[C@H]3CC[C@]12C. The Kier molecular flexibility index (Phi) is 7.40. The van der Waals surface area contributed by atoms with E-state index in [9.17, 15) is 9.59 Å². The van der Waals surface area contributed by atoms with Crippen molar-refractivity contribution in [1.82, 2.24) is 0 Å². The van der Waals surface area contributed by atoms with Gasteiger partial charge in [-0.2, -0.15) is 0 Å². The van der Waals surface area contributed by atoms with E-state index in [-0.39, 0.29) is 11.1 Å². The third-order valence-corrected chi connectivity index (χ3v) is 12.1. The van der Waals surface area contributed by atoms with E-state index in [0.29, 0.717) is 23.2 Å². The van der Waals surface area contributed by atoms with E-state index in [2.05, 4.69) is 20.8 Å². The van der Waals surface area contributed by atoms with Gasteiger partial charge in [0.05, 0.1) is 7.11 Å². The highest BCUT2D eigenvalue weighted by atomic mass is 32.2. The zero-order valence-electron chi connectivity index (χ0n) is 21.2. The van der Waals surface area contributed by atoms with Crippen LogP contribution in [0, 0.1) is 52.3 Å². The highest BCUT2D eigenvalue weighted by molar-refractivity contribution is 8.13. The molecular weight excluding hydrogens is 416 g/mol. The molecule has 4 heteroatoms. The first-order valence-electron chi connectivity index (χ1n) is 13.4. The third-order valence-electron chi connectivity index (χ3n) is 11.1. The number of carbonyl (C=O) groups is 2. The van der Waals surface area contributed by atoms with Crippen LogP contribution in [0.25, 0.3) is 0 Å². The Morgan fingerprint density at radius 2 is 1.72 bits per heavy atom. The van der Waals surface area contributed by atoms with Crippen molar-refractivity contribution in [2.45, 2.75) is 98.3 Å². The fraction of sp³-hybridized carbons (Fsp3) is 0.929. The van der Waals surface area contributed by atoms with Gasteiger partial charge in [0.2, 0.25) is 0 Å². The molecule has 0 aromatic rings. The number of ether oxygens (including phenoxy) is 1. The van der Waals surface area contributed by atoms with Gasteiger partial charge in [-0.15, -0.1) is 0 Å². The second-order valence-electron chi connectivity index (χ2n) is 12.4. The van der Waals surface area contributed by atoms with Gasteiger partial charge in [0.25, 0.3) is 0 Å². The number of carbonyl (C=O) groups excluding carboxylic acids is 2. The van der Waals surface area contributed by atoms with Crippen LogP contribution < -0.4 is 0 Å². The summed E-state index contributed by atoms with van der Waals surface area (Å²) in [6, 6.07) is 0. The molecule has 0 aliphatic heterocycles. The van der Waals surface area contributed by atoms with Crippen LogP contribution in [0.2, 0.25) is 0 Å². The quantitative estimate of drug-likeness (QED) is 0.394. The van der Waals surface area contributed by atoms with Gasteiger partial charge in [-0.25, -0.2) is 0 Å². The molecule has 0 heterocycles. The lowest BCUT2D eigenvalue weighted by molar-refractivity contribution is -0.141. The lowest BCUT2D eigenvalue weighted by atomic mass is 9.44. The van der Waals surface area contributed by atoms with Gasteiger partial charge in [0, 0.05) is 19.1 Å². The lowest BCUT2D eigenvalue weighted by Gasteiger charge is -2.61. The molecule has 0 aromatic carbocycles. The van der Waals surface area contributed by atoms with Gasteiger partial charge in [-0.1, -0.05) is 32.5 Å². The predicted molar refractivity (Wildman–Crippen MR) is 132 cm³/mol. The van der Waals surface area contributed by atoms with E-state index in [1.807, 2.05) is 0 Å². The van der Waals surface area contributed by atoms with Gasteiger partial charge >= 0.3 is 5.97 Å². The smallest absolute Gasteiger partial charge is 0.305 e. The summed E-state index contributed by atoms with van der Waals surface area (Å²) in [4.78, 5) is 23.2. The standard InChI is InChI=1S/C28H46O3S/c1-18(6-11-26(30)31-5)23-9-10-24-22-8-7-21-16-20(17-32-19(2)29)12-14-27(21,3)25(22)13-15-28(23,24)4/h18,20-25H,6-17H2,1-5H3/t18-,20?,21?,22+,23-,24+,25+,27+,28-/m1/s1. The molecule has 3 nitrogen and oxygen atoms in total. The Morgan fingerprint density at radius 3 is 2.44 bits per heavy atom. The van der Waals surface area contributed by atoms with Crippen molar-refractivity contribution in [3.63, 3.8) is 0 Å². The second-order valence-corrected chi connectivity index (χ2v) is 13.6. The first-order valence-corrected chi connectivity index (χ1v) is 14.4. The summed E-state index contributed by atoms with van der Waals surface area (Å²) in [6.07, 6.45) is 14.0. The molecule has 4 rings (SSSR count). The lowest BCUT2D eigenvalue weighted by Crippen LogP contribution is -2.53. The Balaban J connectivity index is 1.42. The zero-order valence-corrected chi connectivity index (χ0v) is 22.0. The normalized spacial score (nSPS) is 44.2. The minimum Gasteiger partial charge on any atom is -0.469 e. The number of esters is 1. The van der Waals surface area contributed by atoms with E-state index < -0.39 is 0 Å². The summed E-state index contributed by atoms with van der Waals surface area (Å²) >= 11 is 1.55. The molecule has 0 N–H and O–H groups in total. The molecule has 4 aliphatic carbocycles. The summed E-state index contributed by atoms with van der Waals surface area (Å²) in [7, 11) is 1.51. The average Bonchev–Trinajstić information content (AvgIpc) is 3.12. The molecule has 182 valence electrons. The molecule has 9 atom stereocenters. The number of fused-ring (bicyclic) bond motifs is 5. The van der Waals surface area contributed by atoms with Gasteiger partial charge in [0.1, 0.15) is 0 Å². The molecule has 0 aromatic heterocycles. The maximum Gasteiger partial charge on any atom is 0.305 e. The van der Waals surface area contributed by atoms with E-state index in [1.54, 1.807) is 18.7 Å². The molecule has 4 fully saturated rings. The van der Waals surface area contributed by atoms with Gasteiger partial charge in [0.15, 0.2) is 5.12 Å². The molecule has 0 amide bonds. The molecule has 0 saturated heterocycles. The van der Waals surface area contributed by atoms with Crippen LogP contribution in [0.1, 0.15) is 98.3 Å². The van der Waals surface area contributed by atoms with Crippen molar-refractivity contribution < 1.29 is 14.3 Å². The Labute approximate surface area is 200 Å². The van der Waals surface area contributed by atoms with Crippen molar-refractivity contribution in [2.75, 3.05) is 12.9 Å². The summed E-state index contributed by atoms with van der Waals surface area (Å²) < 4.78 is 4.90. The number of hydrogen-bond acceptors (Lipinski definition) is 4. The van der Waals surface area contributed by atoms with Crippen molar-refractivity contribution in [2.24, 2.45) is 52.3 Å². The minimum atomic E-state index is -0.0520. The van der Waals surface area contributed by atoms with Gasteiger partial charge in [-0.3, -0.25) is 9.59 Å². The highest BCUT2D eigenvalue weighted by Gasteiger charge is 2.60. The first-order chi connectivity index (χ1) is 15.2. The third kappa shape index (κ3) is 4.43. The molecule has 32 heavy (non-hydrogen) atoms. The van der Waals surface area contributed by atoms with Crippen LogP contribution in [-0.2, 0) is 14.3 Å². The summed E-state index contributed by atoms with van der Waals surface area (Å²) in [6.45, 7) is 9.38. The molecule has 4 aliphatic rings. The molecule has 0 bridgehead atoms. The number of hydrogen-bond donors (Lipinski definition) is 0. The maximum atomic E-state index is 11.7. The topological polar surface area (TPSA) is 43.4 Å². The van der Waals surface area contributed by atoms with E-state index >= 15 is 0 Å². The Hall–Kier alpha value is -0.510. The maximum absolute atomic E-state index is 11.7. The van der Waals surface area contributed by atoms with Crippen LogP contribution in [0.15, 0.2) is 0 Å². The molecular formula is C28H46O3S. The van der Waals surface area contributed by atoms with Crippen LogP contribution >= 0.6 is 11.8 Å². The van der Waals surface area contributed by atoms with Crippen LogP contribution in [0.4, 0.5) is 0 Å². The van der Waals surface area contributed by atoms with Crippen molar-refractivity contribution >= 4 is 22.8 Å². The molecule has 4 saturated carbocycles.